The Morgan fingerprint density at radius 1 is 1.13 bits per heavy atom. The van der Waals surface area contributed by atoms with Crippen LogP contribution in [0.2, 0.25) is 0 Å². The van der Waals surface area contributed by atoms with Crippen LogP contribution in [0.1, 0.15) is 32.3 Å². The van der Waals surface area contributed by atoms with Crippen LogP contribution in [0.5, 0.6) is 5.75 Å². The third-order valence-corrected chi connectivity index (χ3v) is 5.87. The summed E-state index contributed by atoms with van der Waals surface area (Å²) < 4.78 is 11.1. The van der Waals surface area contributed by atoms with Gasteiger partial charge in [-0.2, -0.15) is 0 Å². The molecule has 1 aromatic carbocycles. The third kappa shape index (κ3) is 4.52. The highest BCUT2D eigenvalue weighted by atomic mass is 16.5. The maximum absolute atomic E-state index is 13.4. The first-order chi connectivity index (χ1) is 14.3. The van der Waals surface area contributed by atoms with Crippen molar-refractivity contribution in [3.8, 4) is 5.75 Å². The summed E-state index contributed by atoms with van der Waals surface area (Å²) in [4.78, 5) is 32.4. The number of para-hydroxylation sites is 1. The zero-order valence-electron chi connectivity index (χ0n) is 18.7. The Labute approximate surface area is 179 Å². The zero-order valence-corrected chi connectivity index (χ0v) is 18.7. The van der Waals surface area contributed by atoms with Crippen molar-refractivity contribution in [1.82, 2.24) is 14.7 Å². The van der Waals surface area contributed by atoms with Crippen molar-refractivity contribution >= 4 is 17.4 Å². The van der Waals surface area contributed by atoms with Crippen molar-refractivity contribution < 1.29 is 19.1 Å². The van der Waals surface area contributed by atoms with Gasteiger partial charge in [0.1, 0.15) is 11.4 Å². The van der Waals surface area contributed by atoms with Crippen LogP contribution in [-0.2, 0) is 14.3 Å². The summed E-state index contributed by atoms with van der Waals surface area (Å²) in [5.74, 6) is 0.0459. The second kappa shape index (κ2) is 9.62. The Morgan fingerprint density at radius 2 is 1.80 bits per heavy atom. The van der Waals surface area contributed by atoms with E-state index in [4.69, 9.17) is 9.47 Å². The minimum atomic E-state index is -0.286. The van der Waals surface area contributed by atoms with E-state index in [1.54, 1.807) is 7.11 Å². The molecule has 1 fully saturated rings. The topological polar surface area (TPSA) is 62.3 Å². The van der Waals surface area contributed by atoms with E-state index < -0.39 is 0 Å². The van der Waals surface area contributed by atoms with Crippen molar-refractivity contribution in [3.05, 3.63) is 35.5 Å². The molecule has 0 spiro atoms. The number of carbonyl (C=O) groups excluding carboxylic acids is 2. The Balaban J connectivity index is 1.98. The quantitative estimate of drug-likeness (QED) is 0.607. The molecule has 1 saturated heterocycles. The van der Waals surface area contributed by atoms with Crippen LogP contribution in [-0.4, -0.2) is 86.1 Å². The van der Waals surface area contributed by atoms with Crippen molar-refractivity contribution in [2.24, 2.45) is 0 Å². The van der Waals surface area contributed by atoms with Gasteiger partial charge in [-0.05, 0) is 52.9 Å². The molecule has 7 nitrogen and oxygen atoms in total. The highest BCUT2D eigenvalue weighted by Crippen LogP contribution is 2.37. The Bertz CT molecular complexity index is 812. The fourth-order valence-corrected chi connectivity index (χ4v) is 4.13. The number of amides is 2. The average Bonchev–Trinajstić information content (AvgIpc) is 2.98. The Kier molecular flexibility index (Phi) is 7.15. The van der Waals surface area contributed by atoms with Crippen LogP contribution >= 0.6 is 0 Å². The molecular formula is C23H33N3O4. The van der Waals surface area contributed by atoms with Crippen molar-refractivity contribution in [3.63, 3.8) is 0 Å². The monoisotopic (exact) mass is 415 g/mol. The number of hydrogen-bond donors (Lipinski definition) is 0. The summed E-state index contributed by atoms with van der Waals surface area (Å²) >= 11 is 0. The first-order valence-electron chi connectivity index (χ1n) is 10.6. The number of benzene rings is 1. The number of likely N-dealkylation sites (N-methyl/N-ethyl adjacent to an activating group) is 1. The van der Waals surface area contributed by atoms with Gasteiger partial charge >= 0.3 is 0 Å². The van der Waals surface area contributed by atoms with Crippen molar-refractivity contribution in [2.75, 3.05) is 47.4 Å². The first-order valence-corrected chi connectivity index (χ1v) is 10.6. The number of ether oxygens (including phenoxy) is 2. The normalized spacial score (nSPS) is 18.7. The predicted octanol–water partition coefficient (Wildman–Crippen LogP) is 2.23. The number of rotatable bonds is 8. The number of piperidine rings is 1. The molecule has 30 heavy (non-hydrogen) atoms. The maximum atomic E-state index is 13.4. The minimum Gasteiger partial charge on any atom is -0.496 e. The number of hydrogen-bond acceptors (Lipinski definition) is 6. The lowest BCUT2D eigenvalue weighted by Crippen LogP contribution is -2.44. The van der Waals surface area contributed by atoms with Crippen LogP contribution in [0.4, 0.5) is 0 Å². The van der Waals surface area contributed by atoms with E-state index in [0.717, 1.165) is 25.9 Å². The molecule has 164 valence electrons. The summed E-state index contributed by atoms with van der Waals surface area (Å²) in [6.45, 7) is 6.37. The van der Waals surface area contributed by atoms with E-state index in [-0.39, 0.29) is 30.5 Å². The molecule has 1 aromatic rings. The number of methoxy groups -OCH3 is 1. The molecule has 0 radical (unpaired) electrons. The van der Waals surface area contributed by atoms with Crippen LogP contribution in [0.3, 0.4) is 0 Å². The smallest absolute Gasteiger partial charge is 0.277 e. The fraction of sp³-hybridized carbons (Fsp3) is 0.565. The van der Waals surface area contributed by atoms with Gasteiger partial charge in [0.25, 0.3) is 11.8 Å². The van der Waals surface area contributed by atoms with Crippen molar-refractivity contribution in [1.29, 1.82) is 0 Å². The molecule has 2 aliphatic heterocycles. The van der Waals surface area contributed by atoms with E-state index in [1.807, 2.05) is 50.1 Å². The summed E-state index contributed by atoms with van der Waals surface area (Å²) in [5.41, 5.74) is 1.53. The molecular weight excluding hydrogens is 382 g/mol. The lowest BCUT2D eigenvalue weighted by Gasteiger charge is -2.36. The number of imide groups is 1. The largest absolute Gasteiger partial charge is 0.496 e. The van der Waals surface area contributed by atoms with Crippen LogP contribution in [0, 0.1) is 0 Å². The SMILES string of the molecule is COc1ccccc1C1=C(N(C)C2CCN(C)CC2)C(=O)N(CCOC(C)C)C1=O. The molecule has 0 N–H and O–H groups in total. The summed E-state index contributed by atoms with van der Waals surface area (Å²) in [7, 11) is 5.62. The minimum absolute atomic E-state index is 0.0424. The molecule has 0 saturated carbocycles. The van der Waals surface area contributed by atoms with Gasteiger partial charge in [-0.25, -0.2) is 0 Å². The molecule has 0 bridgehead atoms. The molecule has 2 amide bonds. The number of carbonyl (C=O) groups is 2. The van der Waals surface area contributed by atoms with Gasteiger partial charge in [-0.1, -0.05) is 18.2 Å². The average molecular weight is 416 g/mol. The van der Waals surface area contributed by atoms with Gasteiger partial charge in [0.2, 0.25) is 0 Å². The molecule has 0 atom stereocenters. The lowest BCUT2D eigenvalue weighted by molar-refractivity contribution is -0.138. The van der Waals surface area contributed by atoms with Crippen LogP contribution in [0.15, 0.2) is 30.0 Å². The van der Waals surface area contributed by atoms with Gasteiger partial charge < -0.3 is 19.3 Å². The van der Waals surface area contributed by atoms with Crippen LogP contribution in [0.25, 0.3) is 5.57 Å². The summed E-state index contributed by atoms with van der Waals surface area (Å²) in [6.07, 6.45) is 1.95. The van der Waals surface area contributed by atoms with Gasteiger partial charge in [-0.15, -0.1) is 0 Å². The lowest BCUT2D eigenvalue weighted by atomic mass is 9.99. The highest BCUT2D eigenvalue weighted by molar-refractivity contribution is 6.36. The van der Waals surface area contributed by atoms with E-state index in [0.29, 0.717) is 29.2 Å². The third-order valence-electron chi connectivity index (χ3n) is 5.87. The molecule has 3 rings (SSSR count). The summed E-state index contributed by atoms with van der Waals surface area (Å²) in [6, 6.07) is 7.59. The maximum Gasteiger partial charge on any atom is 0.277 e. The molecule has 7 heteroatoms. The molecule has 0 aliphatic carbocycles. The van der Waals surface area contributed by atoms with Gasteiger partial charge in [-0.3, -0.25) is 14.5 Å². The predicted molar refractivity (Wildman–Crippen MR) is 116 cm³/mol. The second-order valence-corrected chi connectivity index (χ2v) is 8.25. The molecule has 2 aliphatic rings. The van der Waals surface area contributed by atoms with Gasteiger partial charge in [0, 0.05) is 18.7 Å². The van der Waals surface area contributed by atoms with Crippen LogP contribution < -0.4 is 4.74 Å². The number of likely N-dealkylation sites (tertiary alicyclic amines) is 1. The van der Waals surface area contributed by atoms with E-state index >= 15 is 0 Å². The Hall–Kier alpha value is -2.38. The Morgan fingerprint density at radius 3 is 2.43 bits per heavy atom. The van der Waals surface area contributed by atoms with E-state index in [9.17, 15) is 9.59 Å². The highest BCUT2D eigenvalue weighted by Gasteiger charge is 2.43. The van der Waals surface area contributed by atoms with Gasteiger partial charge in [0.05, 0.1) is 31.9 Å². The van der Waals surface area contributed by atoms with Gasteiger partial charge in [0.15, 0.2) is 0 Å². The standard InChI is InChI=1S/C23H33N3O4/c1-16(2)30-15-14-26-22(27)20(18-8-6-7-9-19(18)29-5)21(23(26)28)25(4)17-10-12-24(3)13-11-17/h6-9,16-17H,10-15H2,1-5H3. The number of nitrogens with zero attached hydrogens (tertiary/aromatic N) is 3. The molecule has 0 unspecified atom stereocenters. The zero-order chi connectivity index (χ0) is 21.8. The molecule has 0 aromatic heterocycles. The van der Waals surface area contributed by atoms with E-state index in [1.165, 1.54) is 4.90 Å². The summed E-state index contributed by atoms with van der Waals surface area (Å²) in [5, 5.41) is 0. The second-order valence-electron chi connectivity index (χ2n) is 8.25. The fourth-order valence-electron chi connectivity index (χ4n) is 4.13. The first kappa shape index (κ1) is 22.3. The van der Waals surface area contributed by atoms with E-state index in [2.05, 4.69) is 11.9 Å². The van der Waals surface area contributed by atoms with Crippen molar-refractivity contribution in [2.45, 2.75) is 38.8 Å². The molecule has 2 heterocycles.